The Morgan fingerprint density at radius 3 is 2.81 bits per heavy atom. The summed E-state index contributed by atoms with van der Waals surface area (Å²) in [5.41, 5.74) is 0. The van der Waals surface area contributed by atoms with E-state index < -0.39 is 18.8 Å². The molecule has 8 heteroatoms. The molecule has 2 aliphatic heterocycles. The van der Waals surface area contributed by atoms with Crippen molar-refractivity contribution in [2.75, 3.05) is 32.8 Å². The maximum absolute atomic E-state index is 12.4. The van der Waals surface area contributed by atoms with Crippen molar-refractivity contribution in [2.24, 2.45) is 0 Å². The van der Waals surface area contributed by atoms with Crippen LogP contribution >= 0.6 is 0 Å². The van der Waals surface area contributed by atoms with Gasteiger partial charge in [0.1, 0.15) is 6.61 Å². The van der Waals surface area contributed by atoms with Crippen LogP contribution in [0, 0.1) is 0 Å². The summed E-state index contributed by atoms with van der Waals surface area (Å²) in [5.74, 6) is 0. The quantitative estimate of drug-likeness (QED) is 0.862. The molecule has 0 aromatic heterocycles. The number of nitrogens with zero attached hydrogens (tertiary/aromatic N) is 1. The average molecular weight is 310 g/mol. The van der Waals surface area contributed by atoms with Gasteiger partial charge in [-0.15, -0.1) is 0 Å². The first-order valence-electron chi connectivity index (χ1n) is 7.26. The number of alkyl carbamates (subject to hydrolysis) is 1. The number of piperidine rings is 1. The molecule has 0 aromatic carbocycles. The van der Waals surface area contributed by atoms with E-state index >= 15 is 0 Å². The zero-order valence-corrected chi connectivity index (χ0v) is 11.8. The number of ether oxygens (including phenoxy) is 2. The van der Waals surface area contributed by atoms with E-state index in [0.29, 0.717) is 26.0 Å². The van der Waals surface area contributed by atoms with Crippen molar-refractivity contribution >= 4 is 6.09 Å². The zero-order valence-electron chi connectivity index (χ0n) is 11.8. The van der Waals surface area contributed by atoms with E-state index in [1.54, 1.807) is 0 Å². The van der Waals surface area contributed by atoms with Crippen LogP contribution in [-0.4, -0.2) is 62.2 Å². The molecule has 2 heterocycles. The molecule has 21 heavy (non-hydrogen) atoms. The second-order valence-electron chi connectivity index (χ2n) is 5.57. The Morgan fingerprint density at radius 1 is 1.33 bits per heavy atom. The van der Waals surface area contributed by atoms with E-state index in [9.17, 15) is 18.0 Å². The highest BCUT2D eigenvalue weighted by atomic mass is 19.4. The topological polar surface area (TPSA) is 50.8 Å². The lowest BCUT2D eigenvalue weighted by Crippen LogP contribution is -2.50. The monoisotopic (exact) mass is 310 g/mol. The Bertz CT molecular complexity index is 346. The van der Waals surface area contributed by atoms with Gasteiger partial charge in [0.05, 0.1) is 12.6 Å². The highest BCUT2D eigenvalue weighted by molar-refractivity contribution is 5.67. The van der Waals surface area contributed by atoms with Crippen molar-refractivity contribution in [3.8, 4) is 0 Å². The fourth-order valence-corrected chi connectivity index (χ4v) is 2.72. The van der Waals surface area contributed by atoms with Gasteiger partial charge in [0.25, 0.3) is 0 Å². The number of amides is 1. The molecular formula is C13H21F3N2O3. The van der Waals surface area contributed by atoms with Crippen molar-refractivity contribution in [2.45, 2.75) is 44.0 Å². The Labute approximate surface area is 121 Å². The SMILES string of the molecule is O=C(NC1CCCN(CC(F)(F)F)C1)OCC1CCCO1. The van der Waals surface area contributed by atoms with E-state index in [4.69, 9.17) is 9.47 Å². The number of halogens is 3. The number of hydrogen-bond donors (Lipinski definition) is 1. The van der Waals surface area contributed by atoms with Gasteiger partial charge in [-0.1, -0.05) is 0 Å². The van der Waals surface area contributed by atoms with Crippen LogP contribution in [0.1, 0.15) is 25.7 Å². The molecular weight excluding hydrogens is 289 g/mol. The Kier molecular flexibility index (Phi) is 5.69. The number of likely N-dealkylation sites (tertiary alicyclic amines) is 1. The van der Waals surface area contributed by atoms with Crippen molar-refractivity contribution in [3.05, 3.63) is 0 Å². The predicted octanol–water partition coefficient (Wildman–Crippen LogP) is 1.92. The summed E-state index contributed by atoms with van der Waals surface area (Å²) in [6.45, 7) is 0.558. The first-order valence-corrected chi connectivity index (χ1v) is 7.26. The third-order valence-electron chi connectivity index (χ3n) is 3.65. The van der Waals surface area contributed by atoms with Gasteiger partial charge < -0.3 is 14.8 Å². The van der Waals surface area contributed by atoms with E-state index in [-0.39, 0.29) is 25.3 Å². The van der Waals surface area contributed by atoms with Crippen molar-refractivity contribution < 1.29 is 27.4 Å². The fourth-order valence-electron chi connectivity index (χ4n) is 2.72. The molecule has 2 unspecified atom stereocenters. The molecule has 0 aromatic rings. The minimum atomic E-state index is -4.21. The van der Waals surface area contributed by atoms with Crippen LogP contribution in [0.2, 0.25) is 0 Å². The van der Waals surface area contributed by atoms with Gasteiger partial charge in [0.15, 0.2) is 0 Å². The van der Waals surface area contributed by atoms with Gasteiger partial charge in [-0.05, 0) is 32.2 Å². The third-order valence-corrected chi connectivity index (χ3v) is 3.65. The van der Waals surface area contributed by atoms with Gasteiger partial charge in [-0.25, -0.2) is 4.79 Å². The summed E-state index contributed by atoms with van der Waals surface area (Å²) in [5, 5.41) is 2.63. The second-order valence-corrected chi connectivity index (χ2v) is 5.57. The van der Waals surface area contributed by atoms with Crippen molar-refractivity contribution in [3.63, 3.8) is 0 Å². The van der Waals surface area contributed by atoms with Crippen LogP contribution in [0.5, 0.6) is 0 Å². The summed E-state index contributed by atoms with van der Waals surface area (Å²) >= 11 is 0. The molecule has 2 fully saturated rings. The van der Waals surface area contributed by atoms with Gasteiger partial charge in [-0.2, -0.15) is 13.2 Å². The normalized spacial score (nSPS) is 27.6. The number of rotatable bonds is 4. The second kappa shape index (κ2) is 7.31. The molecule has 0 aliphatic carbocycles. The average Bonchev–Trinajstić information content (AvgIpc) is 2.87. The third kappa shape index (κ3) is 6.09. The van der Waals surface area contributed by atoms with Crippen molar-refractivity contribution in [1.29, 1.82) is 0 Å². The minimum absolute atomic E-state index is 0.0520. The summed E-state index contributed by atoms with van der Waals surface area (Å²) in [6, 6.07) is -0.293. The maximum Gasteiger partial charge on any atom is 0.407 e. The highest BCUT2D eigenvalue weighted by Gasteiger charge is 2.33. The van der Waals surface area contributed by atoms with Gasteiger partial charge in [0.2, 0.25) is 0 Å². The van der Waals surface area contributed by atoms with Crippen LogP contribution in [-0.2, 0) is 9.47 Å². The molecule has 0 saturated carbocycles. The number of carbonyl (C=O) groups is 1. The summed E-state index contributed by atoms with van der Waals surface area (Å²) in [4.78, 5) is 12.9. The number of hydrogen-bond acceptors (Lipinski definition) is 4. The summed E-state index contributed by atoms with van der Waals surface area (Å²) in [6.07, 6.45) is -1.70. The molecule has 1 amide bonds. The predicted molar refractivity (Wildman–Crippen MR) is 69.0 cm³/mol. The van der Waals surface area contributed by atoms with Crippen molar-refractivity contribution in [1.82, 2.24) is 10.2 Å². The summed E-state index contributed by atoms with van der Waals surface area (Å²) < 4.78 is 47.4. The minimum Gasteiger partial charge on any atom is -0.447 e. The lowest BCUT2D eigenvalue weighted by molar-refractivity contribution is -0.148. The van der Waals surface area contributed by atoms with Gasteiger partial charge in [0, 0.05) is 19.2 Å². The molecule has 122 valence electrons. The fraction of sp³-hybridized carbons (Fsp3) is 0.923. The molecule has 1 N–H and O–H groups in total. The standard InChI is InChI=1S/C13H21F3N2O3/c14-13(15,16)9-18-5-1-3-10(7-18)17-12(19)21-8-11-4-2-6-20-11/h10-11H,1-9H2,(H,17,19). The molecule has 0 bridgehead atoms. The molecule has 0 radical (unpaired) electrons. The lowest BCUT2D eigenvalue weighted by atomic mass is 10.1. The number of carbonyl (C=O) groups excluding carboxylic acids is 1. The molecule has 2 aliphatic rings. The van der Waals surface area contributed by atoms with E-state index in [2.05, 4.69) is 5.32 Å². The van der Waals surface area contributed by atoms with Crippen LogP contribution in [0.4, 0.5) is 18.0 Å². The van der Waals surface area contributed by atoms with Crippen LogP contribution in [0.15, 0.2) is 0 Å². The van der Waals surface area contributed by atoms with Crippen LogP contribution in [0.25, 0.3) is 0 Å². The number of alkyl halides is 3. The van der Waals surface area contributed by atoms with E-state index in [1.807, 2.05) is 0 Å². The van der Waals surface area contributed by atoms with Crippen LogP contribution in [0.3, 0.4) is 0 Å². The Balaban J connectivity index is 1.67. The molecule has 2 atom stereocenters. The largest absolute Gasteiger partial charge is 0.447 e. The molecule has 2 saturated heterocycles. The first kappa shape index (κ1) is 16.4. The number of nitrogens with one attached hydrogen (secondary N) is 1. The Morgan fingerprint density at radius 2 is 2.14 bits per heavy atom. The highest BCUT2D eigenvalue weighted by Crippen LogP contribution is 2.20. The molecule has 0 spiro atoms. The maximum atomic E-state index is 12.4. The first-order chi connectivity index (χ1) is 9.92. The molecule has 5 nitrogen and oxygen atoms in total. The zero-order chi connectivity index (χ0) is 15.3. The van der Waals surface area contributed by atoms with Crippen LogP contribution < -0.4 is 5.32 Å². The van der Waals surface area contributed by atoms with Gasteiger partial charge >= 0.3 is 12.3 Å². The van der Waals surface area contributed by atoms with E-state index in [1.165, 1.54) is 4.90 Å². The Hall–Kier alpha value is -1.02. The van der Waals surface area contributed by atoms with E-state index in [0.717, 1.165) is 12.8 Å². The lowest BCUT2D eigenvalue weighted by Gasteiger charge is -2.33. The van der Waals surface area contributed by atoms with Gasteiger partial charge in [-0.3, -0.25) is 4.90 Å². The molecule has 2 rings (SSSR count). The summed E-state index contributed by atoms with van der Waals surface area (Å²) in [7, 11) is 0. The smallest absolute Gasteiger partial charge is 0.407 e.